The van der Waals surface area contributed by atoms with Gasteiger partial charge in [0.25, 0.3) is 0 Å². The van der Waals surface area contributed by atoms with Gasteiger partial charge in [0.15, 0.2) is 0 Å². The van der Waals surface area contributed by atoms with Crippen molar-refractivity contribution in [3.8, 4) is 44.9 Å². The van der Waals surface area contributed by atoms with Gasteiger partial charge < -0.3 is 21.7 Å². The normalized spacial score (nSPS) is 11.9. The van der Waals surface area contributed by atoms with E-state index in [-0.39, 0.29) is 11.5 Å². The Balaban J connectivity index is 1.81. The molecule has 0 saturated heterocycles. The number of hydrogen-bond donors (Lipinski definition) is 4. The summed E-state index contributed by atoms with van der Waals surface area (Å²) in [6.45, 7) is 0. The molecule has 4 aromatic rings. The summed E-state index contributed by atoms with van der Waals surface area (Å²) in [7, 11) is 0. The van der Waals surface area contributed by atoms with Crippen molar-refractivity contribution in [3.63, 3.8) is 0 Å². The van der Waals surface area contributed by atoms with Crippen LogP contribution in [0.3, 0.4) is 0 Å². The van der Waals surface area contributed by atoms with Gasteiger partial charge in [0, 0.05) is 0 Å². The molecule has 0 aromatic heterocycles. The number of phenols is 2. The Morgan fingerprint density at radius 1 is 0.621 bits per heavy atom. The maximum absolute atomic E-state index is 9.91. The Morgan fingerprint density at radius 3 is 1.97 bits per heavy atom. The molecule has 0 fully saturated rings. The molecule has 0 radical (unpaired) electrons. The predicted octanol–water partition coefficient (Wildman–Crippen LogP) is 5.17. The second kappa shape index (κ2) is 6.31. The Labute approximate surface area is 168 Å². The van der Waals surface area contributed by atoms with E-state index >= 15 is 0 Å². The highest BCUT2D eigenvalue weighted by molar-refractivity contribution is 5.95. The molecule has 29 heavy (non-hydrogen) atoms. The summed E-state index contributed by atoms with van der Waals surface area (Å²) < 4.78 is 0. The van der Waals surface area contributed by atoms with Crippen LogP contribution < -0.4 is 11.5 Å². The molecule has 4 aromatic carbocycles. The minimum Gasteiger partial charge on any atom is -0.506 e. The average Bonchev–Trinajstić information content (AvgIpc) is 3.10. The molecule has 0 aliphatic heterocycles. The Bertz CT molecular complexity index is 1280. The first-order valence-electron chi connectivity index (χ1n) is 9.45. The first kappa shape index (κ1) is 17.2. The number of rotatable bonds is 2. The van der Waals surface area contributed by atoms with E-state index in [1.54, 1.807) is 24.3 Å². The predicted molar refractivity (Wildman–Crippen MR) is 118 cm³/mol. The zero-order valence-electron chi connectivity index (χ0n) is 15.7. The van der Waals surface area contributed by atoms with Gasteiger partial charge in [0.2, 0.25) is 0 Å². The van der Waals surface area contributed by atoms with Crippen LogP contribution in [-0.4, -0.2) is 10.2 Å². The fraction of sp³-hybridized carbons (Fsp3) is 0.0400. The largest absolute Gasteiger partial charge is 0.506 e. The molecule has 0 atom stereocenters. The monoisotopic (exact) mass is 380 g/mol. The number of nitrogen functional groups attached to an aromatic ring is 2. The quantitative estimate of drug-likeness (QED) is 0.251. The molecule has 142 valence electrons. The zero-order chi connectivity index (χ0) is 20.1. The van der Waals surface area contributed by atoms with Crippen LogP contribution in [0.4, 0.5) is 11.4 Å². The van der Waals surface area contributed by atoms with Crippen LogP contribution in [0.15, 0.2) is 72.8 Å². The van der Waals surface area contributed by atoms with Crippen LogP contribution in [0.5, 0.6) is 11.5 Å². The second-order valence-corrected chi connectivity index (χ2v) is 7.40. The lowest BCUT2D eigenvalue weighted by Gasteiger charge is -2.17. The molecule has 6 N–H and O–H groups in total. The smallest absolute Gasteiger partial charge is 0.138 e. The molecule has 1 aliphatic carbocycles. The topological polar surface area (TPSA) is 92.5 Å². The number of phenolic OH excluding ortho intramolecular Hbond substituents is 2. The molecule has 4 nitrogen and oxygen atoms in total. The van der Waals surface area contributed by atoms with Gasteiger partial charge in [-0.25, -0.2) is 0 Å². The number of hydrogen-bond acceptors (Lipinski definition) is 4. The van der Waals surface area contributed by atoms with Gasteiger partial charge in [-0.05, 0) is 75.2 Å². The molecule has 0 heterocycles. The highest BCUT2D eigenvalue weighted by Gasteiger charge is 2.24. The van der Waals surface area contributed by atoms with E-state index in [4.69, 9.17) is 11.5 Å². The standard InChI is InChI=1S/C25H20N2O2/c26-21-12-15(5-9-23(21)28)18-7-8-19-17-4-2-1-3-14(17)11-20(19)25(18)16-6-10-24(29)22(27)13-16/h1-10,12-13,28-29H,11,26-27H2. The van der Waals surface area contributed by atoms with Crippen molar-refractivity contribution in [3.05, 3.63) is 83.9 Å². The number of nitrogens with two attached hydrogens (primary N) is 2. The van der Waals surface area contributed by atoms with Crippen molar-refractivity contribution in [1.82, 2.24) is 0 Å². The van der Waals surface area contributed by atoms with Crippen LogP contribution >= 0.6 is 0 Å². The van der Waals surface area contributed by atoms with E-state index in [2.05, 4.69) is 36.4 Å². The van der Waals surface area contributed by atoms with Crippen LogP contribution in [-0.2, 0) is 6.42 Å². The summed E-state index contributed by atoms with van der Waals surface area (Å²) in [6.07, 6.45) is 0.822. The van der Waals surface area contributed by atoms with Crippen molar-refractivity contribution < 1.29 is 10.2 Å². The maximum atomic E-state index is 9.91. The number of aromatic hydroxyl groups is 2. The third kappa shape index (κ3) is 2.69. The van der Waals surface area contributed by atoms with E-state index in [0.29, 0.717) is 11.4 Å². The van der Waals surface area contributed by atoms with Crippen molar-refractivity contribution in [2.75, 3.05) is 11.5 Å². The van der Waals surface area contributed by atoms with E-state index in [1.165, 1.54) is 22.3 Å². The third-order valence-corrected chi connectivity index (χ3v) is 5.64. The van der Waals surface area contributed by atoms with E-state index in [0.717, 1.165) is 28.7 Å². The lowest BCUT2D eigenvalue weighted by Crippen LogP contribution is -1.95. The van der Waals surface area contributed by atoms with Crippen LogP contribution in [0, 0.1) is 0 Å². The molecule has 0 amide bonds. The molecule has 0 unspecified atom stereocenters. The fourth-order valence-corrected chi connectivity index (χ4v) is 4.21. The molecular weight excluding hydrogens is 360 g/mol. The van der Waals surface area contributed by atoms with Crippen LogP contribution in [0.2, 0.25) is 0 Å². The van der Waals surface area contributed by atoms with E-state index in [9.17, 15) is 10.2 Å². The van der Waals surface area contributed by atoms with Gasteiger partial charge in [-0.15, -0.1) is 0 Å². The second-order valence-electron chi connectivity index (χ2n) is 7.40. The fourth-order valence-electron chi connectivity index (χ4n) is 4.21. The maximum Gasteiger partial charge on any atom is 0.138 e. The highest BCUT2D eigenvalue weighted by atomic mass is 16.3. The summed E-state index contributed by atoms with van der Waals surface area (Å²) >= 11 is 0. The third-order valence-electron chi connectivity index (χ3n) is 5.64. The lowest BCUT2D eigenvalue weighted by molar-refractivity contribution is 0.477. The number of benzene rings is 4. The van der Waals surface area contributed by atoms with Gasteiger partial charge in [0.1, 0.15) is 11.5 Å². The summed E-state index contributed by atoms with van der Waals surface area (Å²) in [6, 6.07) is 23.2. The number of anilines is 2. The first-order valence-corrected chi connectivity index (χ1v) is 9.45. The first-order chi connectivity index (χ1) is 14.0. The van der Waals surface area contributed by atoms with Gasteiger partial charge in [-0.1, -0.05) is 48.5 Å². The summed E-state index contributed by atoms with van der Waals surface area (Å²) in [5, 5.41) is 19.8. The Morgan fingerprint density at radius 2 is 1.24 bits per heavy atom. The van der Waals surface area contributed by atoms with E-state index < -0.39 is 0 Å². The average molecular weight is 380 g/mol. The molecule has 5 rings (SSSR count). The van der Waals surface area contributed by atoms with Gasteiger partial charge >= 0.3 is 0 Å². The summed E-state index contributed by atoms with van der Waals surface area (Å²) in [4.78, 5) is 0. The molecule has 4 heteroatoms. The number of fused-ring (bicyclic) bond motifs is 3. The summed E-state index contributed by atoms with van der Waals surface area (Å²) in [5.41, 5.74) is 21.6. The van der Waals surface area contributed by atoms with Crippen molar-refractivity contribution in [2.24, 2.45) is 0 Å². The molecule has 0 spiro atoms. The highest BCUT2D eigenvalue weighted by Crippen LogP contribution is 2.47. The molecule has 1 aliphatic rings. The van der Waals surface area contributed by atoms with Crippen LogP contribution in [0.1, 0.15) is 11.1 Å². The Hall–Kier alpha value is -3.92. The lowest BCUT2D eigenvalue weighted by atomic mass is 9.87. The van der Waals surface area contributed by atoms with E-state index in [1.807, 2.05) is 12.1 Å². The zero-order valence-corrected chi connectivity index (χ0v) is 15.7. The van der Waals surface area contributed by atoms with Crippen LogP contribution in [0.25, 0.3) is 33.4 Å². The van der Waals surface area contributed by atoms with Crippen molar-refractivity contribution in [2.45, 2.75) is 6.42 Å². The molecular formula is C25H20N2O2. The minimum absolute atomic E-state index is 0.0674. The van der Waals surface area contributed by atoms with Crippen molar-refractivity contribution in [1.29, 1.82) is 0 Å². The SMILES string of the molecule is Nc1cc(-c2ccc3c(c2-c2ccc(O)c(N)c2)Cc2ccccc2-3)ccc1O. The molecule has 0 bridgehead atoms. The summed E-state index contributed by atoms with van der Waals surface area (Å²) in [5.74, 6) is 0.137. The minimum atomic E-state index is 0.0674. The van der Waals surface area contributed by atoms with Gasteiger partial charge in [0.05, 0.1) is 11.4 Å². The Kier molecular flexibility index (Phi) is 3.74. The van der Waals surface area contributed by atoms with Gasteiger partial charge in [-0.2, -0.15) is 0 Å². The molecule has 0 saturated carbocycles. The van der Waals surface area contributed by atoms with Gasteiger partial charge in [-0.3, -0.25) is 0 Å². The van der Waals surface area contributed by atoms with Crippen molar-refractivity contribution >= 4 is 11.4 Å².